The van der Waals surface area contributed by atoms with Gasteiger partial charge in [-0.05, 0) is 43.7 Å². The molecule has 1 aromatic rings. The van der Waals surface area contributed by atoms with E-state index in [4.69, 9.17) is 5.73 Å². The molecule has 1 aliphatic carbocycles. The molecule has 0 spiro atoms. The minimum absolute atomic E-state index is 0.101. The lowest BCUT2D eigenvalue weighted by Crippen LogP contribution is -2.45. The number of aliphatic hydroxyl groups is 1. The van der Waals surface area contributed by atoms with Crippen LogP contribution in [0.4, 0.5) is 15.8 Å². The van der Waals surface area contributed by atoms with Crippen molar-refractivity contribution in [3.8, 4) is 0 Å². The van der Waals surface area contributed by atoms with Crippen molar-refractivity contribution < 1.29 is 19.4 Å². The fraction of sp³-hybridized carbons (Fsp3) is 0.533. The maximum Gasteiger partial charge on any atom is 0.340 e. The highest BCUT2D eigenvalue weighted by Gasteiger charge is 2.34. The first kappa shape index (κ1) is 15.6. The number of nitrogen functional groups attached to an aromatic ring is 1. The van der Waals surface area contributed by atoms with Crippen LogP contribution in [0.3, 0.4) is 0 Å². The first-order valence-corrected chi connectivity index (χ1v) is 7.09. The maximum absolute atomic E-state index is 13.5. The van der Waals surface area contributed by atoms with E-state index in [0.717, 1.165) is 31.7 Å². The molecule has 0 amide bonds. The predicted molar refractivity (Wildman–Crippen MR) is 78.8 cm³/mol. The summed E-state index contributed by atoms with van der Waals surface area (Å²) in [6.45, 7) is 2.05. The van der Waals surface area contributed by atoms with Crippen LogP contribution < -0.4 is 11.1 Å². The van der Waals surface area contributed by atoms with Crippen molar-refractivity contribution >= 4 is 17.3 Å². The smallest absolute Gasteiger partial charge is 0.340 e. The molecule has 2 rings (SSSR count). The number of aliphatic hydroxyl groups excluding tert-OH is 1. The lowest BCUT2D eigenvalue weighted by Gasteiger charge is -2.40. The Morgan fingerprint density at radius 2 is 2.10 bits per heavy atom. The summed E-state index contributed by atoms with van der Waals surface area (Å²) >= 11 is 0. The van der Waals surface area contributed by atoms with E-state index >= 15 is 0 Å². The van der Waals surface area contributed by atoms with Crippen LogP contribution in [0, 0.1) is 11.7 Å². The third-order valence-electron chi connectivity index (χ3n) is 4.34. The van der Waals surface area contributed by atoms with Gasteiger partial charge in [-0.15, -0.1) is 0 Å². The Kier molecular flexibility index (Phi) is 4.37. The van der Waals surface area contributed by atoms with E-state index in [1.54, 1.807) is 0 Å². The summed E-state index contributed by atoms with van der Waals surface area (Å²) in [4.78, 5) is 11.3. The van der Waals surface area contributed by atoms with E-state index in [9.17, 15) is 19.4 Å². The first-order chi connectivity index (χ1) is 9.88. The molecule has 1 aromatic carbocycles. The zero-order valence-corrected chi connectivity index (χ0v) is 12.0. The fourth-order valence-corrected chi connectivity index (χ4v) is 2.85. The number of carbonyl (C=O) groups is 1. The van der Waals surface area contributed by atoms with Gasteiger partial charge >= 0.3 is 5.97 Å². The third kappa shape index (κ3) is 3.10. The first-order valence-electron chi connectivity index (χ1n) is 7.09. The molecule has 5 N–H and O–H groups in total. The summed E-state index contributed by atoms with van der Waals surface area (Å²) in [6, 6.07) is 2.51. The zero-order chi connectivity index (χ0) is 15.6. The summed E-state index contributed by atoms with van der Waals surface area (Å²) < 4.78 is 13.5. The number of carboxylic acid groups (broad SMARTS) is 1. The Bertz CT molecular complexity index is 540. The molecule has 6 heteroatoms. The summed E-state index contributed by atoms with van der Waals surface area (Å²) in [5.41, 5.74) is 4.56. The number of carboxylic acids is 1. The van der Waals surface area contributed by atoms with E-state index in [2.05, 4.69) is 12.2 Å². The molecule has 0 heterocycles. The number of halogens is 1. The van der Waals surface area contributed by atoms with E-state index in [-0.39, 0.29) is 23.5 Å². The average molecular weight is 296 g/mol. The molecule has 0 aliphatic heterocycles. The van der Waals surface area contributed by atoms with Gasteiger partial charge in [-0.1, -0.05) is 6.92 Å². The molecular weight excluding hydrogens is 275 g/mol. The molecule has 0 aromatic heterocycles. The van der Waals surface area contributed by atoms with Crippen molar-refractivity contribution in [3.05, 3.63) is 23.5 Å². The zero-order valence-electron chi connectivity index (χ0n) is 12.0. The van der Waals surface area contributed by atoms with Gasteiger partial charge in [0.25, 0.3) is 0 Å². The van der Waals surface area contributed by atoms with E-state index < -0.39 is 17.3 Å². The maximum atomic E-state index is 13.5. The van der Waals surface area contributed by atoms with E-state index in [1.165, 1.54) is 6.07 Å². The van der Waals surface area contributed by atoms with Crippen LogP contribution in [-0.2, 0) is 0 Å². The quantitative estimate of drug-likeness (QED) is 0.640. The van der Waals surface area contributed by atoms with Gasteiger partial charge in [0.2, 0.25) is 0 Å². The molecule has 1 aliphatic rings. The highest BCUT2D eigenvalue weighted by Crippen LogP contribution is 2.36. The standard InChI is InChI=1S/C15H21FN2O3/c1-9-4-6-15(8-19,7-5-9)18-11-3-2-10(16)13(17)12(11)14(20)21/h2-3,9,18-19H,4-8,17H2,1H3,(H,20,21). The second-order valence-corrected chi connectivity index (χ2v) is 5.93. The lowest BCUT2D eigenvalue weighted by atomic mass is 9.77. The number of rotatable bonds is 4. The van der Waals surface area contributed by atoms with Gasteiger partial charge in [0.05, 0.1) is 23.5 Å². The van der Waals surface area contributed by atoms with Crippen LogP contribution in [-0.4, -0.2) is 28.3 Å². The van der Waals surface area contributed by atoms with E-state index in [1.807, 2.05) is 0 Å². The second kappa shape index (κ2) is 5.89. The number of nitrogens with one attached hydrogen (secondary N) is 1. The molecular formula is C15H21FN2O3. The molecule has 21 heavy (non-hydrogen) atoms. The van der Waals surface area contributed by atoms with Gasteiger partial charge in [-0.25, -0.2) is 9.18 Å². The predicted octanol–water partition coefficient (Wildman–Crippen LogP) is 2.46. The molecule has 0 bridgehead atoms. The Labute approximate surface area is 123 Å². The fourth-order valence-electron chi connectivity index (χ4n) is 2.85. The largest absolute Gasteiger partial charge is 0.478 e. The minimum Gasteiger partial charge on any atom is -0.478 e. The van der Waals surface area contributed by atoms with Crippen molar-refractivity contribution in [1.82, 2.24) is 0 Å². The van der Waals surface area contributed by atoms with E-state index in [0.29, 0.717) is 5.92 Å². The lowest BCUT2D eigenvalue weighted by molar-refractivity contribution is 0.0698. The molecule has 116 valence electrons. The van der Waals surface area contributed by atoms with Crippen LogP contribution in [0.1, 0.15) is 43.0 Å². The Balaban J connectivity index is 2.34. The van der Waals surface area contributed by atoms with Crippen LogP contribution in [0.15, 0.2) is 12.1 Å². The SMILES string of the molecule is CC1CCC(CO)(Nc2ccc(F)c(N)c2C(=O)O)CC1. The van der Waals surface area contributed by atoms with Crippen molar-refractivity contribution in [3.63, 3.8) is 0 Å². The summed E-state index contributed by atoms with van der Waals surface area (Å²) in [5.74, 6) is -1.45. The summed E-state index contributed by atoms with van der Waals surface area (Å²) in [5, 5.41) is 22.1. The Hall–Kier alpha value is -1.82. The molecule has 0 saturated heterocycles. The van der Waals surface area contributed by atoms with Gasteiger partial charge < -0.3 is 21.3 Å². The molecule has 0 radical (unpaired) electrons. The van der Waals surface area contributed by atoms with Crippen molar-refractivity contribution in [2.45, 2.75) is 38.1 Å². The van der Waals surface area contributed by atoms with Crippen molar-refractivity contribution in [1.29, 1.82) is 0 Å². The van der Waals surface area contributed by atoms with Crippen LogP contribution in [0.2, 0.25) is 0 Å². The van der Waals surface area contributed by atoms with Gasteiger partial charge in [0.1, 0.15) is 11.4 Å². The second-order valence-electron chi connectivity index (χ2n) is 5.93. The molecule has 1 fully saturated rings. The number of nitrogens with two attached hydrogens (primary N) is 1. The summed E-state index contributed by atoms with van der Waals surface area (Å²) in [6.07, 6.45) is 3.38. The van der Waals surface area contributed by atoms with Gasteiger partial charge in [-0.2, -0.15) is 0 Å². The molecule has 0 unspecified atom stereocenters. The van der Waals surface area contributed by atoms with Crippen molar-refractivity contribution in [2.75, 3.05) is 17.7 Å². The number of aromatic carboxylic acids is 1. The molecule has 5 nitrogen and oxygen atoms in total. The minimum atomic E-state index is -1.29. The molecule has 0 atom stereocenters. The Morgan fingerprint density at radius 3 is 2.62 bits per heavy atom. The third-order valence-corrected chi connectivity index (χ3v) is 4.34. The monoisotopic (exact) mass is 296 g/mol. The van der Waals surface area contributed by atoms with Gasteiger partial charge in [0, 0.05) is 0 Å². The normalized spacial score (nSPS) is 25.6. The van der Waals surface area contributed by atoms with Gasteiger partial charge in [0.15, 0.2) is 0 Å². The number of anilines is 2. The van der Waals surface area contributed by atoms with Crippen LogP contribution in [0.25, 0.3) is 0 Å². The van der Waals surface area contributed by atoms with Gasteiger partial charge in [-0.3, -0.25) is 0 Å². The summed E-state index contributed by atoms with van der Waals surface area (Å²) in [7, 11) is 0. The van der Waals surface area contributed by atoms with Crippen LogP contribution >= 0.6 is 0 Å². The highest BCUT2D eigenvalue weighted by atomic mass is 19.1. The molecule has 1 saturated carbocycles. The van der Waals surface area contributed by atoms with Crippen molar-refractivity contribution in [2.24, 2.45) is 5.92 Å². The number of benzene rings is 1. The highest BCUT2D eigenvalue weighted by molar-refractivity contribution is 6.00. The number of hydrogen-bond donors (Lipinski definition) is 4. The number of hydrogen-bond acceptors (Lipinski definition) is 4. The topological polar surface area (TPSA) is 95.6 Å². The van der Waals surface area contributed by atoms with Crippen LogP contribution in [0.5, 0.6) is 0 Å². The average Bonchev–Trinajstić information content (AvgIpc) is 2.45. The Morgan fingerprint density at radius 1 is 1.48 bits per heavy atom.